The number of rotatable bonds is 0. The monoisotopic (exact) mass is 292 g/mol. The highest BCUT2D eigenvalue weighted by Gasteiger charge is 2.31. The zero-order chi connectivity index (χ0) is 15.8. The van der Waals surface area contributed by atoms with Gasteiger partial charge in [-0.2, -0.15) is 5.10 Å². The summed E-state index contributed by atoms with van der Waals surface area (Å²) in [6.45, 7) is 13.1. The Balaban J connectivity index is 0.000000181. The molecule has 0 amide bonds. The van der Waals surface area contributed by atoms with E-state index in [0.717, 1.165) is 17.7 Å². The summed E-state index contributed by atoms with van der Waals surface area (Å²) in [5, 5.41) is 7.70. The minimum Gasteiger partial charge on any atom is -0.312 e. The molecule has 2 saturated heterocycles. The number of hydrogen-bond donors (Lipinski definition) is 1. The predicted octanol–water partition coefficient (Wildman–Crippen LogP) is 2.53. The van der Waals surface area contributed by atoms with E-state index in [1.807, 2.05) is 31.8 Å². The van der Waals surface area contributed by atoms with Gasteiger partial charge in [-0.3, -0.25) is 4.68 Å². The van der Waals surface area contributed by atoms with Crippen molar-refractivity contribution in [2.75, 3.05) is 26.7 Å². The van der Waals surface area contributed by atoms with Crippen LogP contribution in [-0.2, 0) is 7.05 Å². The maximum Gasteiger partial charge on any atom is 0.0622 e. The molecule has 2 atom stereocenters. The van der Waals surface area contributed by atoms with Gasteiger partial charge in [0.2, 0.25) is 0 Å². The van der Waals surface area contributed by atoms with Crippen LogP contribution in [0.15, 0.2) is 18.9 Å². The Morgan fingerprint density at radius 3 is 2.43 bits per heavy atom. The van der Waals surface area contributed by atoms with Crippen molar-refractivity contribution in [2.45, 2.75) is 39.7 Å². The molecule has 2 aliphatic rings. The first kappa shape index (κ1) is 17.9. The summed E-state index contributed by atoms with van der Waals surface area (Å²) >= 11 is 0. The number of aryl methyl sites for hydroxylation is 3. The normalized spacial score (nSPS) is 24.2. The SMILES string of the molecule is C=CC.CN1CC2CCCNC2C1.Cc1cn(C)nc1C. The third kappa shape index (κ3) is 6.02. The minimum atomic E-state index is 0.818. The van der Waals surface area contributed by atoms with E-state index in [4.69, 9.17) is 0 Å². The number of likely N-dealkylation sites (N-methyl/N-ethyl adjacent to an activating group) is 1. The fourth-order valence-electron chi connectivity index (χ4n) is 2.98. The van der Waals surface area contributed by atoms with E-state index < -0.39 is 0 Å². The van der Waals surface area contributed by atoms with E-state index in [2.05, 4.69) is 35.9 Å². The molecule has 3 heterocycles. The first-order valence-electron chi connectivity index (χ1n) is 7.93. The van der Waals surface area contributed by atoms with Crippen molar-refractivity contribution >= 4 is 0 Å². The van der Waals surface area contributed by atoms with Gasteiger partial charge in [-0.25, -0.2) is 0 Å². The Kier molecular flexibility index (Phi) is 7.68. The molecule has 0 saturated carbocycles. The third-order valence-corrected chi connectivity index (χ3v) is 4.04. The van der Waals surface area contributed by atoms with E-state index in [9.17, 15) is 0 Å². The van der Waals surface area contributed by atoms with Crippen LogP contribution in [0.2, 0.25) is 0 Å². The lowest BCUT2D eigenvalue weighted by Crippen LogP contribution is -2.40. The van der Waals surface area contributed by atoms with Gasteiger partial charge in [-0.1, -0.05) is 6.08 Å². The molecule has 3 rings (SSSR count). The number of allylic oxidation sites excluding steroid dienone is 1. The lowest BCUT2D eigenvalue weighted by atomic mass is 9.94. The molecule has 120 valence electrons. The van der Waals surface area contributed by atoms with Gasteiger partial charge in [-0.05, 0) is 58.7 Å². The molecule has 0 spiro atoms. The van der Waals surface area contributed by atoms with Crippen LogP contribution in [0.1, 0.15) is 31.0 Å². The second-order valence-electron chi connectivity index (χ2n) is 6.16. The molecule has 1 N–H and O–H groups in total. The molecular weight excluding hydrogens is 260 g/mol. The topological polar surface area (TPSA) is 33.1 Å². The number of aromatic nitrogens is 2. The molecule has 21 heavy (non-hydrogen) atoms. The summed E-state index contributed by atoms with van der Waals surface area (Å²) in [5.74, 6) is 0.957. The largest absolute Gasteiger partial charge is 0.312 e. The summed E-state index contributed by atoms with van der Waals surface area (Å²) < 4.78 is 1.82. The van der Waals surface area contributed by atoms with Crippen LogP contribution in [0.4, 0.5) is 0 Å². The van der Waals surface area contributed by atoms with E-state index in [1.165, 1.54) is 38.0 Å². The maximum atomic E-state index is 4.13. The first-order valence-corrected chi connectivity index (χ1v) is 7.93. The number of nitrogens with one attached hydrogen (secondary N) is 1. The van der Waals surface area contributed by atoms with E-state index >= 15 is 0 Å². The van der Waals surface area contributed by atoms with Gasteiger partial charge in [0.15, 0.2) is 0 Å². The molecular formula is C17H32N4. The Labute approximate surface area is 130 Å². The van der Waals surface area contributed by atoms with Crippen molar-refractivity contribution in [1.82, 2.24) is 20.0 Å². The smallest absolute Gasteiger partial charge is 0.0622 e. The van der Waals surface area contributed by atoms with Crippen LogP contribution in [0.25, 0.3) is 0 Å². The molecule has 0 aliphatic carbocycles. The van der Waals surface area contributed by atoms with Crippen molar-refractivity contribution in [2.24, 2.45) is 13.0 Å². The second-order valence-corrected chi connectivity index (χ2v) is 6.16. The average Bonchev–Trinajstić information content (AvgIpc) is 2.92. The molecule has 4 heteroatoms. The lowest BCUT2D eigenvalue weighted by molar-refractivity contribution is 0.338. The van der Waals surface area contributed by atoms with Crippen LogP contribution < -0.4 is 5.32 Å². The van der Waals surface area contributed by atoms with Crippen LogP contribution in [0.5, 0.6) is 0 Å². The molecule has 2 unspecified atom stereocenters. The number of likely N-dealkylation sites (tertiary alicyclic amines) is 1. The van der Waals surface area contributed by atoms with Crippen molar-refractivity contribution < 1.29 is 0 Å². The van der Waals surface area contributed by atoms with E-state index in [0.29, 0.717) is 0 Å². The standard InChI is InChI=1S/C8H16N2.C6H10N2.C3H6/c1-10-5-7-3-2-4-9-8(7)6-10;1-5-4-8(3)7-6(5)2;1-3-2/h7-9H,2-6H2,1H3;4H,1-3H3;3H,1H2,2H3. The van der Waals surface area contributed by atoms with Gasteiger partial charge >= 0.3 is 0 Å². The fourth-order valence-corrected chi connectivity index (χ4v) is 2.98. The third-order valence-electron chi connectivity index (χ3n) is 4.04. The quantitative estimate of drug-likeness (QED) is 0.746. The highest BCUT2D eigenvalue weighted by molar-refractivity contribution is 5.11. The molecule has 0 radical (unpaired) electrons. The van der Waals surface area contributed by atoms with Crippen molar-refractivity contribution in [1.29, 1.82) is 0 Å². The van der Waals surface area contributed by atoms with Gasteiger partial charge in [-0.15, -0.1) is 6.58 Å². The van der Waals surface area contributed by atoms with Gasteiger partial charge in [0.25, 0.3) is 0 Å². The molecule has 0 bridgehead atoms. The second kappa shape index (κ2) is 9.00. The number of piperidine rings is 1. The van der Waals surface area contributed by atoms with Crippen LogP contribution in [-0.4, -0.2) is 47.4 Å². The number of hydrogen-bond acceptors (Lipinski definition) is 3. The van der Waals surface area contributed by atoms with E-state index in [1.54, 1.807) is 6.08 Å². The van der Waals surface area contributed by atoms with Crippen LogP contribution in [0.3, 0.4) is 0 Å². The Hall–Kier alpha value is -1.13. The zero-order valence-corrected chi connectivity index (χ0v) is 14.4. The summed E-state index contributed by atoms with van der Waals surface area (Å²) in [7, 11) is 4.15. The predicted molar refractivity (Wildman–Crippen MR) is 90.6 cm³/mol. The number of nitrogens with zero attached hydrogens (tertiary/aromatic N) is 3. The minimum absolute atomic E-state index is 0.818. The number of fused-ring (bicyclic) bond motifs is 1. The first-order chi connectivity index (χ1) is 9.97. The zero-order valence-electron chi connectivity index (χ0n) is 14.4. The van der Waals surface area contributed by atoms with Crippen molar-refractivity contribution in [3.05, 3.63) is 30.1 Å². The van der Waals surface area contributed by atoms with Crippen LogP contribution >= 0.6 is 0 Å². The summed E-state index contributed by atoms with van der Waals surface area (Å²) in [5.41, 5.74) is 2.38. The van der Waals surface area contributed by atoms with E-state index in [-0.39, 0.29) is 0 Å². The lowest BCUT2D eigenvalue weighted by Gasteiger charge is -2.24. The molecule has 1 aromatic rings. The molecule has 4 nitrogen and oxygen atoms in total. The van der Waals surface area contributed by atoms with Crippen molar-refractivity contribution in [3.8, 4) is 0 Å². The highest BCUT2D eigenvalue weighted by atomic mass is 15.2. The van der Waals surface area contributed by atoms with Gasteiger partial charge in [0.1, 0.15) is 0 Å². The van der Waals surface area contributed by atoms with Gasteiger partial charge in [0, 0.05) is 32.4 Å². The molecule has 0 aromatic carbocycles. The summed E-state index contributed by atoms with van der Waals surface area (Å²) in [4.78, 5) is 2.44. The maximum absolute atomic E-state index is 4.13. The fraction of sp³-hybridized carbons (Fsp3) is 0.706. The van der Waals surface area contributed by atoms with Gasteiger partial charge < -0.3 is 10.2 Å². The molecule has 2 fully saturated rings. The van der Waals surface area contributed by atoms with Crippen LogP contribution in [0, 0.1) is 19.8 Å². The molecule has 2 aliphatic heterocycles. The average molecular weight is 292 g/mol. The highest BCUT2D eigenvalue weighted by Crippen LogP contribution is 2.23. The Morgan fingerprint density at radius 2 is 2.00 bits per heavy atom. The Morgan fingerprint density at radius 1 is 1.33 bits per heavy atom. The molecule has 1 aromatic heterocycles. The summed E-state index contributed by atoms with van der Waals surface area (Å²) in [6.07, 6.45) is 6.59. The Bertz CT molecular complexity index is 391. The van der Waals surface area contributed by atoms with Crippen molar-refractivity contribution in [3.63, 3.8) is 0 Å². The van der Waals surface area contributed by atoms with Gasteiger partial charge in [0.05, 0.1) is 5.69 Å². The summed E-state index contributed by atoms with van der Waals surface area (Å²) in [6, 6.07) is 0.818.